The number of hydrogen-bond donors (Lipinski definition) is 1. The molecule has 2 aliphatic rings. The minimum Gasteiger partial charge on any atom is -0.389 e. The van der Waals surface area contributed by atoms with E-state index in [0.29, 0.717) is 37.4 Å². The fourth-order valence-electron chi connectivity index (χ4n) is 5.42. The van der Waals surface area contributed by atoms with Crippen molar-refractivity contribution >= 4 is 22.6 Å². The summed E-state index contributed by atoms with van der Waals surface area (Å²) in [6, 6.07) is 21.4. The first-order valence-electron chi connectivity index (χ1n) is 13.2. The second-order valence-electron chi connectivity index (χ2n) is 9.91. The highest BCUT2D eigenvalue weighted by atomic mass is 16.5. The minimum absolute atomic E-state index is 0.00754. The van der Waals surface area contributed by atoms with Crippen LogP contribution in [0.2, 0.25) is 0 Å². The van der Waals surface area contributed by atoms with E-state index in [4.69, 9.17) is 4.74 Å². The van der Waals surface area contributed by atoms with E-state index in [1.807, 2.05) is 54.6 Å². The number of carbonyl (C=O) groups excluding carboxylic acids is 2. The lowest BCUT2D eigenvalue weighted by molar-refractivity contribution is -0.0282. The number of benzene rings is 3. The molecule has 2 atom stereocenters. The van der Waals surface area contributed by atoms with Gasteiger partial charge < -0.3 is 9.84 Å². The Kier molecular flexibility index (Phi) is 7.96. The van der Waals surface area contributed by atoms with Crippen LogP contribution in [0.25, 0.3) is 10.8 Å². The molecule has 2 aliphatic heterocycles. The quantitative estimate of drug-likeness (QED) is 0.428. The van der Waals surface area contributed by atoms with Crippen molar-refractivity contribution in [1.29, 1.82) is 0 Å². The highest BCUT2D eigenvalue weighted by Crippen LogP contribution is 2.30. The molecule has 2 amide bonds. The van der Waals surface area contributed by atoms with E-state index in [-0.39, 0.29) is 17.9 Å². The van der Waals surface area contributed by atoms with Gasteiger partial charge in [-0.15, -0.1) is 0 Å². The van der Waals surface area contributed by atoms with Crippen molar-refractivity contribution in [1.82, 2.24) is 14.7 Å². The number of amides is 2. The fraction of sp³-hybridized carbons (Fsp3) is 0.400. The van der Waals surface area contributed by atoms with Crippen LogP contribution in [-0.4, -0.2) is 90.1 Å². The summed E-state index contributed by atoms with van der Waals surface area (Å²) in [7, 11) is 0. The standard InChI is InChI=1S/C30H35N3O4/c1-2-27(22-8-4-3-5-9-22)37-21-24(34)20-32-16-14-31(15-17-32)18-19-33-29(35)25-12-6-10-23-11-7-13-26(28(23)25)30(33)36/h3-13,24,27,34H,2,14-21H2,1H3/t24-,27-/m1/s1. The van der Waals surface area contributed by atoms with E-state index in [0.717, 1.165) is 48.9 Å². The largest absolute Gasteiger partial charge is 0.389 e. The Labute approximate surface area is 218 Å². The Morgan fingerprint density at radius 2 is 1.43 bits per heavy atom. The van der Waals surface area contributed by atoms with Gasteiger partial charge in [-0.2, -0.15) is 0 Å². The molecule has 7 heteroatoms. The zero-order valence-electron chi connectivity index (χ0n) is 21.4. The topological polar surface area (TPSA) is 73.3 Å². The maximum atomic E-state index is 13.1. The highest BCUT2D eigenvalue weighted by Gasteiger charge is 2.33. The lowest BCUT2D eigenvalue weighted by atomic mass is 9.94. The number of nitrogens with zero attached hydrogens (tertiary/aromatic N) is 3. The van der Waals surface area contributed by atoms with Crippen LogP contribution in [0, 0.1) is 0 Å². The van der Waals surface area contributed by atoms with Gasteiger partial charge in [-0.25, -0.2) is 0 Å². The molecule has 1 saturated heterocycles. The summed E-state index contributed by atoms with van der Waals surface area (Å²) < 4.78 is 6.02. The van der Waals surface area contributed by atoms with Crippen LogP contribution < -0.4 is 0 Å². The van der Waals surface area contributed by atoms with Crippen LogP contribution in [0.4, 0.5) is 0 Å². The number of imide groups is 1. The number of β-amino-alcohol motifs (C(OH)–C–C–N with tert-alkyl or cyclic N) is 1. The molecule has 37 heavy (non-hydrogen) atoms. The molecule has 194 valence electrons. The maximum absolute atomic E-state index is 13.1. The van der Waals surface area contributed by atoms with Gasteiger partial charge >= 0.3 is 0 Å². The lowest BCUT2D eigenvalue weighted by Crippen LogP contribution is -2.51. The van der Waals surface area contributed by atoms with Crippen molar-refractivity contribution in [3.63, 3.8) is 0 Å². The van der Waals surface area contributed by atoms with Gasteiger partial charge in [-0.1, -0.05) is 61.5 Å². The van der Waals surface area contributed by atoms with Gasteiger partial charge in [0.2, 0.25) is 0 Å². The third kappa shape index (κ3) is 5.60. The molecule has 0 bridgehead atoms. The van der Waals surface area contributed by atoms with Crippen molar-refractivity contribution in [2.24, 2.45) is 0 Å². The van der Waals surface area contributed by atoms with E-state index in [1.165, 1.54) is 4.90 Å². The molecule has 7 nitrogen and oxygen atoms in total. The number of rotatable bonds is 10. The van der Waals surface area contributed by atoms with Gasteiger partial charge in [0, 0.05) is 62.3 Å². The van der Waals surface area contributed by atoms with E-state index in [9.17, 15) is 14.7 Å². The zero-order chi connectivity index (χ0) is 25.8. The van der Waals surface area contributed by atoms with Gasteiger partial charge in [-0.05, 0) is 29.5 Å². The molecule has 0 radical (unpaired) electrons. The highest BCUT2D eigenvalue weighted by molar-refractivity contribution is 6.25. The second kappa shape index (κ2) is 11.5. The lowest BCUT2D eigenvalue weighted by Gasteiger charge is -2.37. The molecule has 0 unspecified atom stereocenters. The monoisotopic (exact) mass is 501 g/mol. The van der Waals surface area contributed by atoms with Gasteiger partial charge in [0.05, 0.1) is 18.8 Å². The first kappa shape index (κ1) is 25.5. The molecule has 0 saturated carbocycles. The zero-order valence-corrected chi connectivity index (χ0v) is 21.4. The summed E-state index contributed by atoms with van der Waals surface area (Å²) in [5.41, 5.74) is 2.34. The molecular weight excluding hydrogens is 466 g/mol. The first-order valence-corrected chi connectivity index (χ1v) is 13.2. The van der Waals surface area contributed by atoms with E-state index in [2.05, 4.69) is 28.9 Å². The van der Waals surface area contributed by atoms with Gasteiger partial charge in [0.25, 0.3) is 11.8 Å². The molecule has 3 aromatic rings. The van der Waals surface area contributed by atoms with Crippen LogP contribution in [0.5, 0.6) is 0 Å². The summed E-state index contributed by atoms with van der Waals surface area (Å²) in [5.74, 6) is -0.422. The van der Waals surface area contributed by atoms with Gasteiger partial charge in [0.1, 0.15) is 0 Å². The van der Waals surface area contributed by atoms with Crippen molar-refractivity contribution in [3.05, 3.63) is 83.4 Å². The van der Waals surface area contributed by atoms with Gasteiger partial charge in [-0.3, -0.25) is 24.3 Å². The average molecular weight is 502 g/mol. The normalized spacial score (nSPS) is 18.4. The number of aliphatic hydroxyl groups excluding tert-OH is 1. The third-order valence-electron chi connectivity index (χ3n) is 7.46. The van der Waals surface area contributed by atoms with Crippen LogP contribution in [0.3, 0.4) is 0 Å². The number of hydrogen-bond acceptors (Lipinski definition) is 6. The van der Waals surface area contributed by atoms with E-state index < -0.39 is 6.10 Å². The average Bonchev–Trinajstić information content (AvgIpc) is 2.93. The van der Waals surface area contributed by atoms with Crippen LogP contribution in [-0.2, 0) is 4.74 Å². The summed E-state index contributed by atoms with van der Waals surface area (Å²) in [4.78, 5) is 32.2. The van der Waals surface area contributed by atoms with E-state index in [1.54, 1.807) is 0 Å². The number of aliphatic hydroxyl groups is 1. The summed E-state index contributed by atoms with van der Waals surface area (Å²) in [6.45, 7) is 7.31. The molecular formula is C30H35N3O4. The van der Waals surface area contributed by atoms with Crippen LogP contribution in [0.15, 0.2) is 66.7 Å². The van der Waals surface area contributed by atoms with E-state index >= 15 is 0 Å². The third-order valence-corrected chi connectivity index (χ3v) is 7.46. The summed E-state index contributed by atoms with van der Waals surface area (Å²) in [5, 5.41) is 12.3. The Bertz CT molecular complexity index is 1190. The Balaban J connectivity index is 1.08. The summed E-state index contributed by atoms with van der Waals surface area (Å²) >= 11 is 0. The number of piperazine rings is 1. The van der Waals surface area contributed by atoms with Crippen molar-refractivity contribution in [2.75, 3.05) is 52.4 Å². The molecule has 1 N–H and O–H groups in total. The molecule has 5 rings (SSSR count). The second-order valence-corrected chi connectivity index (χ2v) is 9.91. The molecule has 0 spiro atoms. The van der Waals surface area contributed by atoms with Gasteiger partial charge in [0.15, 0.2) is 0 Å². The molecule has 2 heterocycles. The Morgan fingerprint density at radius 1 is 0.811 bits per heavy atom. The predicted molar refractivity (Wildman–Crippen MR) is 144 cm³/mol. The first-order chi connectivity index (χ1) is 18.0. The number of ether oxygens (including phenoxy) is 1. The smallest absolute Gasteiger partial charge is 0.261 e. The van der Waals surface area contributed by atoms with Crippen molar-refractivity contribution in [2.45, 2.75) is 25.6 Å². The Hall–Kier alpha value is -3.10. The molecule has 1 fully saturated rings. The summed E-state index contributed by atoms with van der Waals surface area (Å²) in [6.07, 6.45) is 0.306. The number of carbonyl (C=O) groups is 2. The van der Waals surface area contributed by atoms with Crippen molar-refractivity contribution in [3.8, 4) is 0 Å². The molecule has 0 aliphatic carbocycles. The SMILES string of the molecule is CC[C@@H](OC[C@H](O)CN1CCN(CCN2C(=O)c3cccc4cccc(c34)C2=O)CC1)c1ccccc1. The van der Waals surface area contributed by atoms with Crippen LogP contribution in [0.1, 0.15) is 45.7 Å². The van der Waals surface area contributed by atoms with Crippen molar-refractivity contribution < 1.29 is 19.4 Å². The maximum Gasteiger partial charge on any atom is 0.261 e. The fourth-order valence-corrected chi connectivity index (χ4v) is 5.42. The van der Waals surface area contributed by atoms with Crippen LogP contribution >= 0.6 is 0 Å². The Morgan fingerprint density at radius 3 is 2.05 bits per heavy atom. The minimum atomic E-state index is -0.546. The predicted octanol–water partition coefficient (Wildman–Crippen LogP) is 3.58. The molecule has 3 aromatic carbocycles. The molecule has 0 aromatic heterocycles.